The monoisotopic (exact) mass is 416 g/mol. The van der Waals surface area contributed by atoms with Gasteiger partial charge in [-0.2, -0.15) is 0 Å². The molecule has 0 aliphatic heterocycles. The number of nitrogens with zero attached hydrogens (tertiary/aromatic N) is 1. The lowest BCUT2D eigenvalue weighted by molar-refractivity contribution is -0.120. The van der Waals surface area contributed by atoms with Crippen molar-refractivity contribution < 1.29 is 17.6 Å². The number of nitrogens with one attached hydrogen (secondary N) is 1. The van der Waals surface area contributed by atoms with E-state index in [-0.39, 0.29) is 29.1 Å². The van der Waals surface area contributed by atoms with Gasteiger partial charge in [-0.25, -0.2) is 12.8 Å². The molecule has 1 amide bonds. The molecule has 2 aromatic rings. The Morgan fingerprint density at radius 2 is 1.76 bits per heavy atom. The number of hydrogen-bond donors (Lipinski definition) is 1. The van der Waals surface area contributed by atoms with Crippen LogP contribution in [0.15, 0.2) is 53.4 Å². The molecule has 4 rings (SSSR count). The van der Waals surface area contributed by atoms with Crippen LogP contribution in [0, 0.1) is 24.6 Å². The summed E-state index contributed by atoms with van der Waals surface area (Å²) in [5, 5.41) is 3.04. The predicted octanol–water partition coefficient (Wildman–Crippen LogP) is 3.63. The van der Waals surface area contributed by atoms with Gasteiger partial charge in [-0.1, -0.05) is 24.1 Å². The van der Waals surface area contributed by atoms with Gasteiger partial charge in [-0.3, -0.25) is 9.10 Å². The van der Waals surface area contributed by atoms with Gasteiger partial charge in [0.05, 0.1) is 10.6 Å². The van der Waals surface area contributed by atoms with E-state index in [4.69, 9.17) is 0 Å². The molecule has 154 valence electrons. The van der Waals surface area contributed by atoms with Crippen molar-refractivity contribution in [3.8, 4) is 0 Å². The van der Waals surface area contributed by atoms with Crippen molar-refractivity contribution in [1.29, 1.82) is 0 Å². The number of rotatable bonds is 6. The van der Waals surface area contributed by atoms with Crippen LogP contribution in [0.4, 0.5) is 10.1 Å². The van der Waals surface area contributed by atoms with E-state index in [1.165, 1.54) is 42.8 Å². The molecular formula is C22H25FN2O3S. The molecular weight excluding hydrogens is 391 g/mol. The van der Waals surface area contributed by atoms with Crippen molar-refractivity contribution in [3.05, 3.63) is 59.9 Å². The van der Waals surface area contributed by atoms with E-state index in [0.29, 0.717) is 11.8 Å². The van der Waals surface area contributed by atoms with Crippen molar-refractivity contribution in [2.75, 3.05) is 10.8 Å². The maximum absolute atomic E-state index is 13.4. The quantitative estimate of drug-likeness (QED) is 0.782. The second-order valence-corrected chi connectivity index (χ2v) is 10.0. The van der Waals surface area contributed by atoms with Gasteiger partial charge in [-0.05, 0) is 74.4 Å². The molecule has 2 bridgehead atoms. The highest BCUT2D eigenvalue weighted by atomic mass is 32.2. The Morgan fingerprint density at radius 1 is 1.07 bits per heavy atom. The van der Waals surface area contributed by atoms with Crippen LogP contribution >= 0.6 is 0 Å². The number of carbonyl (C=O) groups is 1. The Morgan fingerprint density at radius 3 is 2.34 bits per heavy atom. The Bertz CT molecular complexity index is 990. The normalized spacial score (nSPS) is 23.2. The summed E-state index contributed by atoms with van der Waals surface area (Å²) in [6.45, 7) is 1.53. The van der Waals surface area contributed by atoms with Crippen LogP contribution in [-0.4, -0.2) is 26.9 Å². The van der Waals surface area contributed by atoms with Gasteiger partial charge in [0.2, 0.25) is 5.91 Å². The number of hydrogen-bond acceptors (Lipinski definition) is 3. The highest BCUT2D eigenvalue weighted by Gasteiger charge is 2.40. The number of amides is 1. The highest BCUT2D eigenvalue weighted by Crippen LogP contribution is 2.44. The minimum absolute atomic E-state index is 0.0974. The topological polar surface area (TPSA) is 66.5 Å². The number of fused-ring (bicyclic) bond motifs is 2. The van der Waals surface area contributed by atoms with Gasteiger partial charge in [0.25, 0.3) is 10.0 Å². The lowest BCUT2D eigenvalue weighted by Crippen LogP contribution is -2.46. The standard InChI is InChI=1S/C22H25FN2O3S/c1-15-2-10-20(11-3-15)29(27,28)25(19-8-6-18(23)7-9-19)14-22(26)24-21-13-16-4-5-17(21)12-16/h2-3,6-11,16-17,21H,4-5,12-14H2,1H3,(H,24,26)/t16-,17-,21+/m0/s1. The molecule has 5 nitrogen and oxygen atoms in total. The van der Waals surface area contributed by atoms with Crippen LogP contribution in [0.1, 0.15) is 31.2 Å². The first kappa shape index (κ1) is 19.9. The van der Waals surface area contributed by atoms with E-state index in [0.717, 1.165) is 29.1 Å². The third-order valence-electron chi connectivity index (χ3n) is 6.10. The first-order valence-corrected chi connectivity index (χ1v) is 11.4. The fourth-order valence-corrected chi connectivity index (χ4v) is 5.99. The zero-order chi connectivity index (χ0) is 20.6. The molecule has 0 aromatic heterocycles. The van der Waals surface area contributed by atoms with Gasteiger partial charge < -0.3 is 5.32 Å². The van der Waals surface area contributed by atoms with Crippen molar-refractivity contribution in [1.82, 2.24) is 5.32 Å². The fraction of sp³-hybridized carbons (Fsp3) is 0.409. The van der Waals surface area contributed by atoms with E-state index in [1.807, 2.05) is 6.92 Å². The maximum atomic E-state index is 13.4. The Labute approximate surface area is 171 Å². The molecule has 2 aliphatic rings. The van der Waals surface area contributed by atoms with Crippen molar-refractivity contribution in [2.24, 2.45) is 11.8 Å². The summed E-state index contributed by atoms with van der Waals surface area (Å²) in [4.78, 5) is 12.9. The van der Waals surface area contributed by atoms with Gasteiger partial charge >= 0.3 is 0 Å². The summed E-state index contributed by atoms with van der Waals surface area (Å²) in [5.41, 5.74) is 1.20. The average molecular weight is 417 g/mol. The summed E-state index contributed by atoms with van der Waals surface area (Å²) in [5.74, 6) is 0.377. The van der Waals surface area contributed by atoms with E-state index >= 15 is 0 Å². The second-order valence-electron chi connectivity index (χ2n) is 8.15. The number of sulfonamides is 1. The van der Waals surface area contributed by atoms with Gasteiger partial charge in [-0.15, -0.1) is 0 Å². The summed E-state index contributed by atoms with van der Waals surface area (Å²) >= 11 is 0. The number of benzene rings is 2. The molecule has 2 saturated carbocycles. The lowest BCUT2D eigenvalue weighted by atomic mass is 9.95. The Balaban J connectivity index is 1.59. The third-order valence-corrected chi connectivity index (χ3v) is 7.88. The molecule has 7 heteroatoms. The summed E-state index contributed by atoms with van der Waals surface area (Å²) < 4.78 is 41.0. The molecule has 0 radical (unpaired) electrons. The van der Waals surface area contributed by atoms with Gasteiger partial charge in [0.15, 0.2) is 0 Å². The van der Waals surface area contributed by atoms with Crippen molar-refractivity contribution in [2.45, 2.75) is 43.5 Å². The van der Waals surface area contributed by atoms with E-state index in [9.17, 15) is 17.6 Å². The van der Waals surface area contributed by atoms with E-state index in [2.05, 4.69) is 5.32 Å². The lowest BCUT2D eigenvalue weighted by Gasteiger charge is -2.27. The Hall–Kier alpha value is -2.41. The molecule has 2 fully saturated rings. The molecule has 1 N–H and O–H groups in total. The zero-order valence-electron chi connectivity index (χ0n) is 16.3. The smallest absolute Gasteiger partial charge is 0.264 e. The summed E-state index contributed by atoms with van der Waals surface area (Å²) in [7, 11) is -3.97. The van der Waals surface area contributed by atoms with Crippen molar-refractivity contribution >= 4 is 21.6 Å². The number of aryl methyl sites for hydroxylation is 1. The van der Waals surface area contributed by atoms with Gasteiger partial charge in [0.1, 0.15) is 12.4 Å². The molecule has 2 aliphatic carbocycles. The largest absolute Gasteiger partial charge is 0.352 e. The maximum Gasteiger partial charge on any atom is 0.264 e. The number of halogens is 1. The van der Waals surface area contributed by atoms with Crippen LogP contribution < -0.4 is 9.62 Å². The number of carbonyl (C=O) groups excluding carboxylic acids is 1. The number of anilines is 1. The molecule has 0 saturated heterocycles. The molecule has 3 atom stereocenters. The molecule has 0 unspecified atom stereocenters. The Kier molecular flexibility index (Phi) is 5.34. The first-order chi connectivity index (χ1) is 13.8. The van der Waals surface area contributed by atoms with E-state index < -0.39 is 15.8 Å². The van der Waals surface area contributed by atoms with E-state index in [1.54, 1.807) is 12.1 Å². The third kappa shape index (κ3) is 4.15. The zero-order valence-corrected chi connectivity index (χ0v) is 17.2. The summed E-state index contributed by atoms with van der Waals surface area (Å²) in [6, 6.07) is 11.7. The highest BCUT2D eigenvalue weighted by molar-refractivity contribution is 7.92. The van der Waals surface area contributed by atoms with Crippen molar-refractivity contribution in [3.63, 3.8) is 0 Å². The minimum Gasteiger partial charge on any atom is -0.352 e. The van der Waals surface area contributed by atoms with Gasteiger partial charge in [0, 0.05) is 6.04 Å². The van der Waals surface area contributed by atoms with Crippen LogP contribution in [0.25, 0.3) is 0 Å². The minimum atomic E-state index is -3.97. The molecule has 29 heavy (non-hydrogen) atoms. The second kappa shape index (κ2) is 7.78. The fourth-order valence-electron chi connectivity index (χ4n) is 4.56. The molecule has 0 heterocycles. The molecule has 2 aromatic carbocycles. The van der Waals surface area contributed by atoms with Crippen LogP contribution in [-0.2, 0) is 14.8 Å². The van der Waals surface area contributed by atoms with Crippen LogP contribution in [0.5, 0.6) is 0 Å². The summed E-state index contributed by atoms with van der Waals surface area (Å²) in [6.07, 6.45) is 4.46. The first-order valence-electron chi connectivity index (χ1n) is 9.97. The van der Waals surface area contributed by atoms with Crippen LogP contribution in [0.3, 0.4) is 0 Å². The SMILES string of the molecule is Cc1ccc(S(=O)(=O)N(CC(=O)N[C@@H]2C[C@H]3CC[C@H]2C3)c2ccc(F)cc2)cc1. The van der Waals surface area contributed by atoms with Crippen LogP contribution in [0.2, 0.25) is 0 Å². The molecule has 0 spiro atoms. The average Bonchev–Trinajstić information content (AvgIpc) is 3.30. The predicted molar refractivity (Wildman–Crippen MR) is 109 cm³/mol.